The molecule has 3 aromatic carbocycles. The lowest BCUT2D eigenvalue weighted by Gasteiger charge is -2.29. The number of carbonyl (C=O) groups excluding carboxylic acids is 8. The molecule has 4 aromatic rings. The first-order valence-corrected chi connectivity index (χ1v) is 33.7. The fourth-order valence-electron chi connectivity index (χ4n) is 10.3. The average molecular weight is 1390 g/mol. The number of para-hydroxylation sites is 1. The van der Waals surface area contributed by atoms with Crippen LogP contribution in [0.2, 0.25) is 0 Å². The quantitative estimate of drug-likeness (QED) is 0.0160. The molecule has 1 aliphatic rings. The van der Waals surface area contributed by atoms with Gasteiger partial charge in [-0.1, -0.05) is 100 Å². The molecule has 32 nitrogen and oxygen atoms in total. The number of amides is 8. The molecule has 8 amide bonds. The normalized spacial score (nSPS) is 19.8. The number of aromatic nitrogens is 1. The molecule has 0 spiro atoms. The van der Waals surface area contributed by atoms with E-state index in [1.54, 1.807) is 91.1 Å². The monoisotopic (exact) mass is 1390 g/mol. The summed E-state index contributed by atoms with van der Waals surface area (Å²) in [6.45, 7) is -2.46. The first kappa shape index (κ1) is 79.0. The molecule has 2 heterocycles. The van der Waals surface area contributed by atoms with E-state index in [0.29, 0.717) is 34.0 Å². The third-order valence-electron chi connectivity index (χ3n) is 15.4. The van der Waals surface area contributed by atoms with Gasteiger partial charge in [0.2, 0.25) is 47.3 Å². The van der Waals surface area contributed by atoms with Gasteiger partial charge in [-0.05, 0) is 62.4 Å². The Morgan fingerprint density at radius 2 is 1.10 bits per heavy atom. The SMILES string of the molecule is C[C@@H](O)[C@@H]1NC(=O)C(CCCCN)NC(=O)C(Cc2c[nH]c3ccccc23)NC(=O)[C@H](Cc2ccccc2)NC(=O)C(NC(=O)[C@@H](Cc2ccccc2)NC(=O)CN(CCN(CCN(CC(=O)O)CC(=O)O)CC(=O)O)CC(=O)O)CSSC[C@@H](C(=O)N[C@H](CO)[C@@H](C)O)NC1=O. The van der Waals surface area contributed by atoms with Crippen molar-refractivity contribution in [3.63, 3.8) is 0 Å². The molecule has 34 heteroatoms. The molecule has 1 aliphatic heterocycles. The summed E-state index contributed by atoms with van der Waals surface area (Å²) >= 11 is 0. The Hall–Kier alpha value is -8.74. The van der Waals surface area contributed by atoms with Crippen LogP contribution in [0.1, 0.15) is 49.8 Å². The summed E-state index contributed by atoms with van der Waals surface area (Å²) in [5.74, 6) is -13.8. The minimum absolute atomic E-state index is 0.0513. The van der Waals surface area contributed by atoms with Crippen molar-refractivity contribution in [1.29, 1.82) is 0 Å². The third-order valence-corrected chi connectivity index (χ3v) is 17.8. The molecule has 18 N–H and O–H groups in total. The Morgan fingerprint density at radius 3 is 1.68 bits per heavy atom. The van der Waals surface area contributed by atoms with Crippen LogP contribution in [-0.4, -0.2) is 271 Å². The first-order chi connectivity index (χ1) is 46.2. The van der Waals surface area contributed by atoms with Crippen LogP contribution in [0.5, 0.6) is 0 Å². The van der Waals surface area contributed by atoms with Gasteiger partial charge in [0.05, 0.1) is 57.6 Å². The van der Waals surface area contributed by atoms with Gasteiger partial charge in [-0.3, -0.25) is 72.2 Å². The number of fused-ring (bicyclic) bond motifs is 1. The van der Waals surface area contributed by atoms with Crippen molar-refractivity contribution in [1.82, 2.24) is 62.2 Å². The summed E-state index contributed by atoms with van der Waals surface area (Å²) in [4.78, 5) is 171. The van der Waals surface area contributed by atoms with Crippen molar-refractivity contribution < 1.29 is 93.3 Å². The fourth-order valence-corrected chi connectivity index (χ4v) is 12.6. The third kappa shape index (κ3) is 27.7. The van der Waals surface area contributed by atoms with E-state index in [1.807, 2.05) is 0 Å². The van der Waals surface area contributed by atoms with Crippen LogP contribution in [0.4, 0.5) is 0 Å². The minimum Gasteiger partial charge on any atom is -0.480 e. The molecule has 0 radical (unpaired) electrons. The number of aliphatic hydroxyl groups is 3. The van der Waals surface area contributed by atoms with Gasteiger partial charge in [0.15, 0.2) is 0 Å². The second-order valence-electron chi connectivity index (χ2n) is 23.3. The van der Waals surface area contributed by atoms with Crippen LogP contribution >= 0.6 is 21.6 Å². The van der Waals surface area contributed by atoms with E-state index in [-0.39, 0.29) is 70.6 Å². The number of hydrogen-bond acceptors (Lipinski definition) is 21. The Labute approximate surface area is 566 Å². The fraction of sp³-hybridized carbons (Fsp3) is 0.492. The highest BCUT2D eigenvalue weighted by atomic mass is 33.1. The van der Waals surface area contributed by atoms with E-state index < -0.39 is 177 Å². The molecule has 1 saturated heterocycles. The molecular formula is C63H87N13O19S2. The van der Waals surface area contributed by atoms with Gasteiger partial charge in [0.25, 0.3) is 0 Å². The highest BCUT2D eigenvalue weighted by Gasteiger charge is 2.37. The number of nitrogens with one attached hydrogen (secondary N) is 9. The molecule has 3 unspecified atom stereocenters. The number of carbonyl (C=O) groups is 12. The molecule has 5 rings (SSSR count). The van der Waals surface area contributed by atoms with Gasteiger partial charge in [-0.2, -0.15) is 0 Å². The maximum absolute atomic E-state index is 15.2. The average Bonchev–Trinajstić information content (AvgIpc) is 1.76. The van der Waals surface area contributed by atoms with E-state index in [9.17, 15) is 83.7 Å². The van der Waals surface area contributed by atoms with Gasteiger partial charge >= 0.3 is 23.9 Å². The Kier molecular flexibility index (Phi) is 33.2. The smallest absolute Gasteiger partial charge is 0.317 e. The zero-order chi connectivity index (χ0) is 71.1. The van der Waals surface area contributed by atoms with Crippen LogP contribution in [0, 0.1) is 0 Å². The van der Waals surface area contributed by atoms with Gasteiger partial charge in [0, 0.05) is 74.0 Å². The summed E-state index contributed by atoms with van der Waals surface area (Å²) in [6.07, 6.45) is -1.31. The van der Waals surface area contributed by atoms with Crippen LogP contribution < -0.4 is 48.3 Å². The van der Waals surface area contributed by atoms with Crippen molar-refractivity contribution in [2.45, 2.75) is 113 Å². The van der Waals surface area contributed by atoms with E-state index in [0.717, 1.165) is 31.4 Å². The number of carboxylic acid groups (broad SMARTS) is 4. The largest absolute Gasteiger partial charge is 0.480 e. The van der Waals surface area contributed by atoms with E-state index in [4.69, 9.17) is 5.73 Å². The Morgan fingerprint density at radius 1 is 0.588 bits per heavy atom. The van der Waals surface area contributed by atoms with E-state index in [2.05, 4.69) is 47.5 Å². The summed E-state index contributed by atoms with van der Waals surface area (Å²) < 4.78 is 0. The molecule has 1 fully saturated rings. The number of hydrogen-bond donors (Lipinski definition) is 17. The number of carboxylic acids is 4. The summed E-state index contributed by atoms with van der Waals surface area (Å²) in [5, 5.41) is 91.6. The summed E-state index contributed by atoms with van der Waals surface area (Å²) in [7, 11) is 1.77. The zero-order valence-corrected chi connectivity index (χ0v) is 55.3. The number of unbranched alkanes of at least 4 members (excludes halogenated alkanes) is 1. The van der Waals surface area contributed by atoms with Crippen LogP contribution in [0.3, 0.4) is 0 Å². The highest BCUT2D eigenvalue weighted by Crippen LogP contribution is 2.25. The topological polar surface area (TPSA) is 494 Å². The number of aliphatic hydroxyl groups excluding tert-OH is 3. The second-order valence-corrected chi connectivity index (χ2v) is 25.8. The molecular weight excluding hydrogens is 1310 g/mol. The highest BCUT2D eigenvalue weighted by molar-refractivity contribution is 8.76. The standard InChI is InChI=1S/C63H87N13O19S2/c1-37(78)48(34-77)70-62(94)50-36-97-96-35-49(71-58(90)45(25-39-13-5-3-6-14-39)66-51(80)29-75(31-53(83)84)23-21-74(30-52(81)82)22-24-76(32-54(85)86)33-55(87)88)61(93)68-46(26-40-15-7-4-8-16-40)59(91)69-47(27-41-28-65-43-18-10-9-17-42(41)43)60(92)67-44(19-11-12-20-64)57(89)73-56(38(2)79)63(95)72-50/h3-10,13-18,28,37-38,44-50,56,65,77-79H,11-12,19-27,29-36,64H2,1-2H3,(H,66,80)(H,67,92)(H,68,93)(H,69,91)(H,70,94)(H,71,90)(H,72,95)(H,73,89)(H,81,82)(H,83,84)(H,85,86)(H,87,88)/t37-,38-,44?,45-,46+,47?,48-,49?,50+,56+/m1/s1. The van der Waals surface area contributed by atoms with Crippen molar-refractivity contribution >= 4 is 104 Å². The van der Waals surface area contributed by atoms with Gasteiger partial charge < -0.3 is 89.0 Å². The van der Waals surface area contributed by atoms with Crippen molar-refractivity contribution in [2.75, 3.05) is 83.6 Å². The summed E-state index contributed by atoms with van der Waals surface area (Å²) in [6, 6.07) is 11.7. The molecule has 97 heavy (non-hydrogen) atoms. The van der Waals surface area contributed by atoms with E-state index in [1.165, 1.54) is 18.7 Å². The minimum atomic E-state index is -1.78. The molecule has 0 aliphatic carbocycles. The zero-order valence-electron chi connectivity index (χ0n) is 53.6. The van der Waals surface area contributed by atoms with Crippen LogP contribution in [0.25, 0.3) is 10.9 Å². The predicted octanol–water partition coefficient (Wildman–Crippen LogP) is -3.40. The second kappa shape index (κ2) is 40.7. The van der Waals surface area contributed by atoms with Crippen molar-refractivity contribution in [3.8, 4) is 0 Å². The predicted molar refractivity (Wildman–Crippen MR) is 356 cm³/mol. The number of H-pyrrole nitrogens is 1. The lowest BCUT2D eigenvalue weighted by atomic mass is 10.0. The lowest BCUT2D eigenvalue weighted by molar-refractivity contribution is -0.143. The molecule has 0 bridgehead atoms. The van der Waals surface area contributed by atoms with Gasteiger partial charge in [0.1, 0.15) is 42.3 Å². The number of aromatic amines is 1. The van der Waals surface area contributed by atoms with Crippen LogP contribution in [-0.2, 0) is 76.8 Å². The van der Waals surface area contributed by atoms with Gasteiger partial charge in [-0.25, -0.2) is 0 Å². The number of nitrogens with zero attached hydrogens (tertiary/aromatic N) is 3. The van der Waals surface area contributed by atoms with Gasteiger partial charge in [-0.15, -0.1) is 0 Å². The molecule has 0 saturated carbocycles. The number of aliphatic carboxylic acids is 4. The number of rotatable bonds is 34. The Bertz CT molecular complexity index is 3280. The Balaban J connectivity index is 1.57. The van der Waals surface area contributed by atoms with Crippen LogP contribution in [0.15, 0.2) is 91.1 Å². The van der Waals surface area contributed by atoms with E-state index >= 15 is 9.59 Å². The molecule has 1 aromatic heterocycles. The molecule has 10 atom stereocenters. The maximum Gasteiger partial charge on any atom is 0.317 e. The van der Waals surface area contributed by atoms with Crippen molar-refractivity contribution in [3.05, 3.63) is 108 Å². The summed E-state index contributed by atoms with van der Waals surface area (Å²) in [5.41, 5.74) is 8.10. The molecule has 530 valence electrons. The number of benzene rings is 3. The first-order valence-electron chi connectivity index (χ1n) is 31.2. The number of nitrogens with two attached hydrogens (primary N) is 1. The van der Waals surface area contributed by atoms with Crippen molar-refractivity contribution in [2.24, 2.45) is 5.73 Å². The lowest BCUT2D eigenvalue weighted by Crippen LogP contribution is -2.62. The maximum atomic E-state index is 15.2.